The largest absolute Gasteiger partial charge is 0.497 e. The molecule has 2 aromatic carbocycles. The number of hydrogen-bond acceptors (Lipinski definition) is 5. The standard InChI is InChI=1S/C21H25N3O2S/c1-24(2)13-14-27-21-22-19(15-5-9-17(25-3)10-6-15)20(23-21)16-7-11-18(26-4)12-8-16/h5-12H,13-14H2,1-4H3,(H,22,23). The predicted octanol–water partition coefficient (Wildman–Crippen LogP) is 4.41. The molecule has 6 heteroatoms. The number of imidazole rings is 1. The molecule has 3 rings (SSSR count). The molecule has 1 aromatic heterocycles. The van der Waals surface area contributed by atoms with E-state index < -0.39 is 0 Å². The Kier molecular flexibility index (Phi) is 6.42. The van der Waals surface area contributed by atoms with Crippen LogP contribution in [-0.4, -0.2) is 55.5 Å². The van der Waals surface area contributed by atoms with E-state index >= 15 is 0 Å². The number of ether oxygens (including phenoxy) is 2. The first-order valence-corrected chi connectivity index (χ1v) is 9.75. The minimum Gasteiger partial charge on any atom is -0.497 e. The van der Waals surface area contributed by atoms with Crippen molar-refractivity contribution in [2.45, 2.75) is 5.16 Å². The van der Waals surface area contributed by atoms with Gasteiger partial charge in [0.1, 0.15) is 11.5 Å². The molecule has 1 heterocycles. The SMILES string of the molecule is COc1ccc(-c2nc(SCCN(C)C)[nH]c2-c2ccc(OC)cc2)cc1. The summed E-state index contributed by atoms with van der Waals surface area (Å²) < 4.78 is 10.6. The molecule has 0 saturated heterocycles. The zero-order chi connectivity index (χ0) is 19.2. The Balaban J connectivity index is 1.95. The number of nitrogens with zero attached hydrogens (tertiary/aromatic N) is 2. The highest BCUT2D eigenvalue weighted by molar-refractivity contribution is 7.99. The molecule has 0 aliphatic heterocycles. The van der Waals surface area contributed by atoms with Gasteiger partial charge in [-0.15, -0.1) is 0 Å². The summed E-state index contributed by atoms with van der Waals surface area (Å²) in [5.41, 5.74) is 4.08. The highest BCUT2D eigenvalue weighted by Crippen LogP contribution is 2.34. The molecule has 0 spiro atoms. The molecule has 0 bridgehead atoms. The third-order valence-corrected chi connectivity index (χ3v) is 5.05. The van der Waals surface area contributed by atoms with Gasteiger partial charge in [-0.05, 0) is 62.6 Å². The molecule has 27 heavy (non-hydrogen) atoms. The maximum Gasteiger partial charge on any atom is 0.166 e. The minimum atomic E-state index is 0.834. The second kappa shape index (κ2) is 8.97. The van der Waals surface area contributed by atoms with Crippen LogP contribution >= 0.6 is 11.8 Å². The summed E-state index contributed by atoms with van der Waals surface area (Å²) >= 11 is 1.73. The fourth-order valence-corrected chi connectivity index (χ4v) is 3.65. The van der Waals surface area contributed by atoms with Crippen molar-refractivity contribution < 1.29 is 9.47 Å². The van der Waals surface area contributed by atoms with E-state index in [2.05, 4.69) is 24.0 Å². The van der Waals surface area contributed by atoms with E-state index in [1.807, 2.05) is 48.5 Å². The normalized spacial score (nSPS) is 11.0. The number of benzene rings is 2. The van der Waals surface area contributed by atoms with Gasteiger partial charge in [0.2, 0.25) is 0 Å². The fourth-order valence-electron chi connectivity index (χ4n) is 2.67. The molecule has 0 amide bonds. The lowest BCUT2D eigenvalue weighted by Gasteiger charge is -2.07. The van der Waals surface area contributed by atoms with Crippen molar-refractivity contribution in [3.63, 3.8) is 0 Å². The molecule has 3 aromatic rings. The van der Waals surface area contributed by atoms with Crippen LogP contribution in [0.3, 0.4) is 0 Å². The van der Waals surface area contributed by atoms with Crippen LogP contribution in [0, 0.1) is 0 Å². The zero-order valence-corrected chi connectivity index (χ0v) is 17.0. The molecular weight excluding hydrogens is 358 g/mol. The third kappa shape index (κ3) is 4.84. The Morgan fingerprint density at radius 1 is 0.889 bits per heavy atom. The number of thioether (sulfide) groups is 1. The van der Waals surface area contributed by atoms with E-state index in [0.717, 1.165) is 51.5 Å². The van der Waals surface area contributed by atoms with Crippen molar-refractivity contribution in [2.24, 2.45) is 0 Å². The second-order valence-corrected chi connectivity index (χ2v) is 7.46. The van der Waals surface area contributed by atoms with E-state index in [4.69, 9.17) is 14.5 Å². The molecule has 0 aliphatic carbocycles. The van der Waals surface area contributed by atoms with Crippen LogP contribution < -0.4 is 9.47 Å². The lowest BCUT2D eigenvalue weighted by Crippen LogP contribution is -2.14. The van der Waals surface area contributed by atoms with E-state index in [0.29, 0.717) is 0 Å². The molecule has 0 unspecified atom stereocenters. The first-order valence-electron chi connectivity index (χ1n) is 8.77. The molecule has 0 saturated carbocycles. The van der Waals surface area contributed by atoms with Gasteiger partial charge in [0.25, 0.3) is 0 Å². The van der Waals surface area contributed by atoms with Gasteiger partial charge in [0.05, 0.1) is 25.6 Å². The molecule has 5 nitrogen and oxygen atoms in total. The van der Waals surface area contributed by atoms with E-state index in [9.17, 15) is 0 Å². The Morgan fingerprint density at radius 3 is 1.96 bits per heavy atom. The van der Waals surface area contributed by atoms with Crippen LogP contribution in [0.4, 0.5) is 0 Å². The van der Waals surface area contributed by atoms with Crippen LogP contribution in [-0.2, 0) is 0 Å². The fraction of sp³-hybridized carbons (Fsp3) is 0.286. The van der Waals surface area contributed by atoms with Crippen LogP contribution in [0.5, 0.6) is 11.5 Å². The van der Waals surface area contributed by atoms with E-state index in [1.165, 1.54) is 0 Å². The number of aromatic nitrogens is 2. The number of aromatic amines is 1. The molecule has 0 fully saturated rings. The molecule has 142 valence electrons. The first kappa shape index (κ1) is 19.3. The summed E-state index contributed by atoms with van der Waals surface area (Å²) in [6, 6.07) is 16.0. The smallest absolute Gasteiger partial charge is 0.166 e. The summed E-state index contributed by atoms with van der Waals surface area (Å²) in [6.07, 6.45) is 0. The number of H-pyrrole nitrogens is 1. The van der Waals surface area contributed by atoms with Gasteiger partial charge in [-0.3, -0.25) is 0 Å². The monoisotopic (exact) mass is 383 g/mol. The third-order valence-electron chi connectivity index (χ3n) is 4.20. The van der Waals surface area contributed by atoms with Crippen LogP contribution in [0.15, 0.2) is 53.7 Å². The van der Waals surface area contributed by atoms with Gasteiger partial charge in [-0.1, -0.05) is 11.8 Å². The maximum atomic E-state index is 5.28. The van der Waals surface area contributed by atoms with Crippen molar-refractivity contribution >= 4 is 11.8 Å². The van der Waals surface area contributed by atoms with E-state index in [1.54, 1.807) is 26.0 Å². The summed E-state index contributed by atoms with van der Waals surface area (Å²) in [6.45, 7) is 1.00. The lowest BCUT2D eigenvalue weighted by molar-refractivity contribution is 0.414. The second-order valence-electron chi connectivity index (χ2n) is 6.37. The topological polar surface area (TPSA) is 50.4 Å². The zero-order valence-electron chi connectivity index (χ0n) is 16.2. The lowest BCUT2D eigenvalue weighted by atomic mass is 10.0. The summed E-state index contributed by atoms with van der Waals surface area (Å²) in [5.74, 6) is 2.65. The summed E-state index contributed by atoms with van der Waals surface area (Å²) in [4.78, 5) is 10.5. The van der Waals surface area contributed by atoms with Gasteiger partial charge in [-0.25, -0.2) is 4.98 Å². The van der Waals surface area contributed by atoms with Crippen molar-refractivity contribution in [1.82, 2.24) is 14.9 Å². The van der Waals surface area contributed by atoms with Gasteiger partial charge in [-0.2, -0.15) is 0 Å². The number of rotatable bonds is 8. The Morgan fingerprint density at radius 2 is 1.44 bits per heavy atom. The quantitative estimate of drug-likeness (QED) is 0.584. The Labute approximate surface area is 164 Å². The average molecular weight is 384 g/mol. The molecule has 0 atom stereocenters. The van der Waals surface area contributed by atoms with Crippen molar-refractivity contribution in [1.29, 1.82) is 0 Å². The van der Waals surface area contributed by atoms with Crippen molar-refractivity contribution in [3.05, 3.63) is 48.5 Å². The molecule has 1 N–H and O–H groups in total. The Bertz CT molecular complexity index is 793. The average Bonchev–Trinajstić information content (AvgIpc) is 3.12. The van der Waals surface area contributed by atoms with Gasteiger partial charge < -0.3 is 19.4 Å². The maximum absolute atomic E-state index is 5.28. The van der Waals surface area contributed by atoms with Crippen molar-refractivity contribution in [2.75, 3.05) is 40.6 Å². The van der Waals surface area contributed by atoms with Gasteiger partial charge in [0.15, 0.2) is 5.16 Å². The Hall–Kier alpha value is -2.44. The minimum absolute atomic E-state index is 0.834. The highest BCUT2D eigenvalue weighted by atomic mass is 32.2. The predicted molar refractivity (Wildman–Crippen MR) is 112 cm³/mol. The number of hydrogen-bond donors (Lipinski definition) is 1. The molecule has 0 radical (unpaired) electrons. The van der Waals surface area contributed by atoms with Crippen LogP contribution in [0.25, 0.3) is 22.5 Å². The summed E-state index contributed by atoms with van der Waals surface area (Å²) in [5, 5.41) is 0.925. The van der Waals surface area contributed by atoms with Gasteiger partial charge >= 0.3 is 0 Å². The molecule has 0 aliphatic rings. The first-order chi connectivity index (χ1) is 13.1. The van der Waals surface area contributed by atoms with Crippen LogP contribution in [0.1, 0.15) is 0 Å². The van der Waals surface area contributed by atoms with Crippen LogP contribution in [0.2, 0.25) is 0 Å². The van der Waals surface area contributed by atoms with Gasteiger partial charge in [0, 0.05) is 23.4 Å². The molecular formula is C21H25N3O2S. The highest BCUT2D eigenvalue weighted by Gasteiger charge is 2.15. The number of methoxy groups -OCH3 is 2. The van der Waals surface area contributed by atoms with Crippen molar-refractivity contribution in [3.8, 4) is 34.0 Å². The van der Waals surface area contributed by atoms with E-state index in [-0.39, 0.29) is 0 Å². The summed E-state index contributed by atoms with van der Waals surface area (Å²) in [7, 11) is 7.50. The number of nitrogens with one attached hydrogen (secondary N) is 1.